The number of nitrogens with one attached hydrogen (secondary N) is 2. The molecule has 2 N–H and O–H groups in total. The van der Waals surface area contributed by atoms with Crippen LogP contribution in [0.1, 0.15) is 32.1 Å². The molecule has 120 valence electrons. The van der Waals surface area contributed by atoms with E-state index in [4.69, 9.17) is 4.98 Å². The largest absolute Gasteiger partial charge is 0.367 e. The molecule has 1 heterocycles. The van der Waals surface area contributed by atoms with E-state index in [1.807, 2.05) is 42.5 Å². The van der Waals surface area contributed by atoms with Crippen molar-refractivity contribution in [2.45, 2.75) is 38.1 Å². The average Bonchev–Trinajstić information content (AvgIpc) is 2.61. The molecule has 0 spiro atoms. The van der Waals surface area contributed by atoms with E-state index in [1.54, 1.807) is 0 Å². The second-order valence-electron chi connectivity index (χ2n) is 5.98. The minimum absolute atomic E-state index is 0.523. The third-order valence-corrected chi connectivity index (χ3v) is 4.14. The van der Waals surface area contributed by atoms with Crippen LogP contribution in [-0.2, 0) is 0 Å². The number of hydrogen-bond acceptors (Lipinski definition) is 4. The van der Waals surface area contributed by atoms with E-state index in [0.717, 1.165) is 23.0 Å². The maximum atomic E-state index is 4.72. The fourth-order valence-corrected chi connectivity index (χ4v) is 2.96. The van der Waals surface area contributed by atoms with Crippen molar-refractivity contribution in [3.63, 3.8) is 0 Å². The molecule has 1 aliphatic carbocycles. The van der Waals surface area contributed by atoms with Crippen molar-refractivity contribution in [1.29, 1.82) is 0 Å². The normalized spacial score (nSPS) is 15.1. The van der Waals surface area contributed by atoms with Crippen LogP contribution < -0.4 is 10.6 Å². The SMILES string of the molecule is C=CCNc1cc(NC2CCCCC2)nc(-c2ccccc2)n1. The first-order chi connectivity index (χ1) is 11.3. The summed E-state index contributed by atoms with van der Waals surface area (Å²) in [6, 6.07) is 12.6. The van der Waals surface area contributed by atoms with Crippen molar-refractivity contribution in [2.75, 3.05) is 17.2 Å². The molecule has 1 aliphatic rings. The number of anilines is 2. The predicted octanol–water partition coefficient (Wildman–Crippen LogP) is 4.49. The summed E-state index contributed by atoms with van der Waals surface area (Å²) in [5.41, 5.74) is 1.03. The predicted molar refractivity (Wildman–Crippen MR) is 96.7 cm³/mol. The van der Waals surface area contributed by atoms with E-state index in [-0.39, 0.29) is 0 Å². The van der Waals surface area contributed by atoms with Gasteiger partial charge >= 0.3 is 0 Å². The van der Waals surface area contributed by atoms with Crippen molar-refractivity contribution in [1.82, 2.24) is 9.97 Å². The maximum absolute atomic E-state index is 4.72. The molecule has 2 aromatic rings. The molecule has 0 atom stereocenters. The van der Waals surface area contributed by atoms with Gasteiger partial charge in [-0.3, -0.25) is 0 Å². The van der Waals surface area contributed by atoms with Crippen LogP contribution in [0.3, 0.4) is 0 Å². The van der Waals surface area contributed by atoms with E-state index in [1.165, 1.54) is 32.1 Å². The minimum Gasteiger partial charge on any atom is -0.367 e. The van der Waals surface area contributed by atoms with E-state index in [0.29, 0.717) is 12.6 Å². The van der Waals surface area contributed by atoms with Crippen LogP contribution in [0.5, 0.6) is 0 Å². The summed E-state index contributed by atoms with van der Waals surface area (Å²) in [7, 11) is 0. The second-order valence-corrected chi connectivity index (χ2v) is 5.98. The number of rotatable bonds is 6. The van der Waals surface area contributed by atoms with E-state index in [9.17, 15) is 0 Å². The zero-order chi connectivity index (χ0) is 15.9. The van der Waals surface area contributed by atoms with Gasteiger partial charge in [0.05, 0.1) is 0 Å². The Morgan fingerprint density at radius 3 is 2.52 bits per heavy atom. The van der Waals surface area contributed by atoms with Gasteiger partial charge in [-0.2, -0.15) is 0 Å². The molecule has 0 amide bonds. The monoisotopic (exact) mass is 308 g/mol. The van der Waals surface area contributed by atoms with Crippen LogP contribution in [0, 0.1) is 0 Å². The van der Waals surface area contributed by atoms with Gasteiger partial charge in [-0.15, -0.1) is 6.58 Å². The first-order valence-corrected chi connectivity index (χ1v) is 8.41. The summed E-state index contributed by atoms with van der Waals surface area (Å²) < 4.78 is 0. The smallest absolute Gasteiger partial charge is 0.163 e. The summed E-state index contributed by atoms with van der Waals surface area (Å²) in [6.45, 7) is 4.44. The van der Waals surface area contributed by atoms with Crippen LogP contribution in [0.4, 0.5) is 11.6 Å². The molecule has 4 nitrogen and oxygen atoms in total. The number of benzene rings is 1. The highest BCUT2D eigenvalue weighted by atomic mass is 15.1. The van der Waals surface area contributed by atoms with Crippen molar-refractivity contribution in [3.8, 4) is 11.4 Å². The number of nitrogens with zero attached hydrogens (tertiary/aromatic N) is 2. The van der Waals surface area contributed by atoms with Gasteiger partial charge in [0.15, 0.2) is 5.82 Å². The molecule has 0 bridgehead atoms. The third kappa shape index (κ3) is 4.31. The zero-order valence-corrected chi connectivity index (χ0v) is 13.5. The molecule has 0 saturated heterocycles. The summed E-state index contributed by atoms with van der Waals surface area (Å²) in [5.74, 6) is 2.48. The highest BCUT2D eigenvalue weighted by molar-refractivity contribution is 5.61. The van der Waals surface area contributed by atoms with Gasteiger partial charge in [0, 0.05) is 24.2 Å². The van der Waals surface area contributed by atoms with E-state index < -0.39 is 0 Å². The first-order valence-electron chi connectivity index (χ1n) is 8.41. The lowest BCUT2D eigenvalue weighted by molar-refractivity contribution is 0.462. The van der Waals surface area contributed by atoms with Crippen molar-refractivity contribution >= 4 is 11.6 Å². The van der Waals surface area contributed by atoms with Crippen LogP contribution >= 0.6 is 0 Å². The molecule has 1 saturated carbocycles. The summed E-state index contributed by atoms with van der Waals surface area (Å²) in [4.78, 5) is 9.34. The topological polar surface area (TPSA) is 49.8 Å². The first kappa shape index (κ1) is 15.5. The molecule has 3 rings (SSSR count). The van der Waals surface area contributed by atoms with Crippen LogP contribution in [0.2, 0.25) is 0 Å². The van der Waals surface area contributed by atoms with Gasteiger partial charge in [0.2, 0.25) is 0 Å². The molecule has 0 aliphatic heterocycles. The van der Waals surface area contributed by atoms with Gasteiger partial charge in [0.1, 0.15) is 11.6 Å². The minimum atomic E-state index is 0.523. The Balaban J connectivity index is 1.86. The van der Waals surface area contributed by atoms with E-state index in [2.05, 4.69) is 22.2 Å². The lowest BCUT2D eigenvalue weighted by Gasteiger charge is -2.23. The molecular formula is C19H24N4. The van der Waals surface area contributed by atoms with Crippen LogP contribution in [0.25, 0.3) is 11.4 Å². The molecule has 1 aromatic carbocycles. The van der Waals surface area contributed by atoms with Gasteiger partial charge in [-0.25, -0.2) is 9.97 Å². The number of hydrogen-bond donors (Lipinski definition) is 2. The van der Waals surface area contributed by atoms with Crippen LogP contribution in [-0.4, -0.2) is 22.6 Å². The molecular weight excluding hydrogens is 284 g/mol. The van der Waals surface area contributed by atoms with Gasteiger partial charge < -0.3 is 10.6 Å². The molecule has 4 heteroatoms. The number of aromatic nitrogens is 2. The Labute approximate surface area is 138 Å². The van der Waals surface area contributed by atoms with Crippen molar-refractivity contribution < 1.29 is 0 Å². The fourth-order valence-electron chi connectivity index (χ4n) is 2.96. The third-order valence-electron chi connectivity index (χ3n) is 4.14. The second kappa shape index (κ2) is 7.77. The Kier molecular flexibility index (Phi) is 5.25. The van der Waals surface area contributed by atoms with Crippen molar-refractivity contribution in [2.24, 2.45) is 0 Å². The Morgan fingerprint density at radius 1 is 1.04 bits per heavy atom. The maximum Gasteiger partial charge on any atom is 0.163 e. The molecule has 23 heavy (non-hydrogen) atoms. The Hall–Kier alpha value is -2.36. The highest BCUT2D eigenvalue weighted by Gasteiger charge is 2.15. The Morgan fingerprint density at radius 2 is 1.78 bits per heavy atom. The van der Waals surface area contributed by atoms with Crippen LogP contribution in [0.15, 0.2) is 49.1 Å². The highest BCUT2D eigenvalue weighted by Crippen LogP contribution is 2.24. The summed E-state index contributed by atoms with van der Waals surface area (Å²) in [6.07, 6.45) is 8.23. The fraction of sp³-hybridized carbons (Fsp3) is 0.368. The molecule has 0 radical (unpaired) electrons. The standard InChI is InChI=1S/C19H24N4/c1-2-13-20-17-14-18(21-16-11-7-4-8-12-16)23-19(22-17)15-9-5-3-6-10-15/h2-3,5-6,9-10,14,16H,1,4,7-8,11-13H2,(H2,20,21,22,23). The zero-order valence-electron chi connectivity index (χ0n) is 13.5. The van der Waals surface area contributed by atoms with Gasteiger partial charge in [0.25, 0.3) is 0 Å². The lowest BCUT2D eigenvalue weighted by Crippen LogP contribution is -2.23. The summed E-state index contributed by atoms with van der Waals surface area (Å²) in [5, 5.41) is 6.86. The van der Waals surface area contributed by atoms with Gasteiger partial charge in [-0.05, 0) is 12.8 Å². The molecule has 1 fully saturated rings. The average molecular weight is 308 g/mol. The molecule has 1 aromatic heterocycles. The lowest BCUT2D eigenvalue weighted by atomic mass is 9.95. The molecule has 0 unspecified atom stereocenters. The van der Waals surface area contributed by atoms with E-state index >= 15 is 0 Å². The Bertz CT molecular complexity index is 633. The quantitative estimate of drug-likeness (QED) is 0.772. The van der Waals surface area contributed by atoms with Gasteiger partial charge in [-0.1, -0.05) is 55.7 Å². The van der Waals surface area contributed by atoms with Crippen molar-refractivity contribution in [3.05, 3.63) is 49.1 Å². The summed E-state index contributed by atoms with van der Waals surface area (Å²) >= 11 is 0.